The summed E-state index contributed by atoms with van der Waals surface area (Å²) in [6.07, 6.45) is 6.38. The number of para-hydroxylation sites is 2. The van der Waals surface area contributed by atoms with Gasteiger partial charge < -0.3 is 9.13 Å². The van der Waals surface area contributed by atoms with E-state index in [9.17, 15) is 0 Å². The zero-order valence-electron chi connectivity index (χ0n) is 21.4. The van der Waals surface area contributed by atoms with Crippen LogP contribution in [-0.4, -0.2) is 9.13 Å². The van der Waals surface area contributed by atoms with Crippen LogP contribution in [0.3, 0.4) is 0 Å². The van der Waals surface area contributed by atoms with Gasteiger partial charge in [-0.05, 0) is 74.2 Å². The summed E-state index contributed by atoms with van der Waals surface area (Å²) in [4.78, 5) is 0. The SMILES string of the molecule is CCn1c2ccccc2c2cc(C3(c4ccc5c(c4)c4ccccc4n5CC)CCCCC3)ccc21. The Morgan fingerprint density at radius 2 is 0.972 bits per heavy atom. The number of nitrogens with zero attached hydrogens (tertiary/aromatic N) is 2. The van der Waals surface area contributed by atoms with E-state index in [2.05, 4.69) is 108 Å². The predicted molar refractivity (Wildman–Crippen MR) is 154 cm³/mol. The zero-order valence-corrected chi connectivity index (χ0v) is 21.4. The van der Waals surface area contributed by atoms with E-state index in [-0.39, 0.29) is 5.41 Å². The highest BCUT2D eigenvalue weighted by molar-refractivity contribution is 6.09. The summed E-state index contributed by atoms with van der Waals surface area (Å²) < 4.78 is 4.93. The molecular formula is C34H34N2. The van der Waals surface area contributed by atoms with E-state index in [0.29, 0.717) is 0 Å². The van der Waals surface area contributed by atoms with Gasteiger partial charge in [0.2, 0.25) is 0 Å². The molecule has 0 unspecified atom stereocenters. The van der Waals surface area contributed by atoms with Crippen molar-refractivity contribution in [2.75, 3.05) is 0 Å². The maximum absolute atomic E-state index is 2.54. The number of fused-ring (bicyclic) bond motifs is 6. The predicted octanol–water partition coefficient (Wildman–Crippen LogP) is 9.19. The lowest BCUT2D eigenvalue weighted by Crippen LogP contribution is -2.30. The van der Waals surface area contributed by atoms with Gasteiger partial charge in [0.15, 0.2) is 0 Å². The van der Waals surface area contributed by atoms with Crippen LogP contribution >= 0.6 is 0 Å². The number of aromatic nitrogens is 2. The van der Waals surface area contributed by atoms with Crippen LogP contribution in [0.5, 0.6) is 0 Å². The molecule has 2 heterocycles. The summed E-state index contributed by atoms with van der Waals surface area (Å²) in [7, 11) is 0. The van der Waals surface area contributed by atoms with Crippen molar-refractivity contribution >= 4 is 43.6 Å². The largest absolute Gasteiger partial charge is 0.341 e. The Morgan fingerprint density at radius 3 is 1.44 bits per heavy atom. The first-order valence-corrected chi connectivity index (χ1v) is 13.8. The summed E-state index contributed by atoms with van der Waals surface area (Å²) in [5.74, 6) is 0. The number of benzene rings is 4. The zero-order chi connectivity index (χ0) is 24.3. The second-order valence-electron chi connectivity index (χ2n) is 10.6. The topological polar surface area (TPSA) is 9.86 Å². The Hall–Kier alpha value is -3.52. The molecule has 0 saturated heterocycles. The normalized spacial score (nSPS) is 15.9. The van der Waals surface area contributed by atoms with Gasteiger partial charge in [-0.25, -0.2) is 0 Å². The van der Waals surface area contributed by atoms with Crippen LogP contribution in [0, 0.1) is 0 Å². The fourth-order valence-electron chi connectivity index (χ4n) is 7.28. The van der Waals surface area contributed by atoms with Gasteiger partial charge in [0.25, 0.3) is 0 Å². The van der Waals surface area contributed by atoms with Crippen LogP contribution < -0.4 is 0 Å². The fraction of sp³-hybridized carbons (Fsp3) is 0.294. The molecule has 2 aromatic heterocycles. The molecule has 0 spiro atoms. The Labute approximate surface area is 213 Å². The lowest BCUT2D eigenvalue weighted by molar-refractivity contribution is 0.346. The molecule has 1 aliphatic carbocycles. The van der Waals surface area contributed by atoms with E-state index in [4.69, 9.17) is 0 Å². The van der Waals surface area contributed by atoms with Gasteiger partial charge in [-0.1, -0.05) is 67.8 Å². The first kappa shape index (κ1) is 21.7. The van der Waals surface area contributed by atoms with Crippen LogP contribution in [0.4, 0.5) is 0 Å². The first-order valence-electron chi connectivity index (χ1n) is 13.8. The van der Waals surface area contributed by atoms with Gasteiger partial charge in [-0.15, -0.1) is 0 Å². The summed E-state index contributed by atoms with van der Waals surface area (Å²) in [6.45, 7) is 6.49. The quantitative estimate of drug-likeness (QED) is 0.243. The fourth-order valence-corrected chi connectivity index (χ4v) is 7.28. The van der Waals surface area contributed by atoms with Crippen LogP contribution in [0.1, 0.15) is 57.1 Å². The number of hydrogen-bond acceptors (Lipinski definition) is 0. The lowest BCUT2D eigenvalue weighted by Gasteiger charge is -2.39. The van der Waals surface area contributed by atoms with Gasteiger partial charge in [0.05, 0.1) is 0 Å². The van der Waals surface area contributed by atoms with Gasteiger partial charge in [0.1, 0.15) is 0 Å². The average Bonchev–Trinajstić information content (AvgIpc) is 3.44. The van der Waals surface area contributed by atoms with Crippen molar-refractivity contribution in [3.8, 4) is 0 Å². The number of hydrogen-bond donors (Lipinski definition) is 0. The monoisotopic (exact) mass is 470 g/mol. The highest BCUT2D eigenvalue weighted by Crippen LogP contribution is 2.47. The molecule has 0 atom stereocenters. The molecule has 0 bridgehead atoms. The molecule has 180 valence electrons. The maximum atomic E-state index is 2.54. The van der Waals surface area contributed by atoms with E-state index in [1.807, 2.05) is 0 Å². The van der Waals surface area contributed by atoms with E-state index < -0.39 is 0 Å². The molecule has 1 fully saturated rings. The second kappa shape index (κ2) is 8.27. The highest BCUT2D eigenvalue weighted by Gasteiger charge is 2.36. The molecule has 2 nitrogen and oxygen atoms in total. The molecule has 1 saturated carbocycles. The van der Waals surface area contributed by atoms with E-state index in [1.54, 1.807) is 0 Å². The smallest absolute Gasteiger partial charge is 0.0491 e. The Kier molecular flexibility index (Phi) is 4.99. The van der Waals surface area contributed by atoms with E-state index in [1.165, 1.54) is 86.8 Å². The third kappa shape index (κ3) is 2.97. The van der Waals surface area contributed by atoms with Crippen molar-refractivity contribution in [3.05, 3.63) is 96.1 Å². The second-order valence-corrected chi connectivity index (χ2v) is 10.6. The Balaban J connectivity index is 1.48. The standard InChI is InChI=1S/C34H34N2/c1-3-35-30-14-8-6-12-26(30)28-22-24(16-18-32(28)35)34(20-10-5-11-21-34)25-17-19-33-29(23-25)27-13-7-9-15-31(27)36(33)4-2/h6-9,12-19,22-23H,3-5,10-11,20-21H2,1-2H3. The molecular weight excluding hydrogens is 436 g/mol. The third-order valence-corrected chi connectivity index (χ3v) is 8.99. The molecule has 4 aromatic carbocycles. The maximum Gasteiger partial charge on any atom is 0.0491 e. The van der Waals surface area contributed by atoms with Crippen LogP contribution in [0.2, 0.25) is 0 Å². The first-order chi connectivity index (χ1) is 17.7. The summed E-state index contributed by atoms with van der Waals surface area (Å²) in [6, 6.07) is 32.6. The van der Waals surface area contributed by atoms with Crippen molar-refractivity contribution in [3.63, 3.8) is 0 Å². The number of aryl methyl sites for hydroxylation is 2. The van der Waals surface area contributed by atoms with Gasteiger partial charge in [0, 0.05) is 62.1 Å². The summed E-state index contributed by atoms with van der Waals surface area (Å²) >= 11 is 0. The average molecular weight is 471 g/mol. The minimum absolute atomic E-state index is 0.0749. The molecule has 36 heavy (non-hydrogen) atoms. The molecule has 0 N–H and O–H groups in total. The molecule has 7 rings (SSSR count). The molecule has 0 amide bonds. The van der Waals surface area contributed by atoms with Crippen molar-refractivity contribution in [2.45, 2.75) is 64.5 Å². The third-order valence-electron chi connectivity index (χ3n) is 8.99. The van der Waals surface area contributed by atoms with Crippen molar-refractivity contribution in [1.82, 2.24) is 9.13 Å². The van der Waals surface area contributed by atoms with Gasteiger partial charge >= 0.3 is 0 Å². The minimum atomic E-state index is 0.0749. The molecule has 0 aliphatic heterocycles. The van der Waals surface area contributed by atoms with Gasteiger partial charge in [-0.3, -0.25) is 0 Å². The van der Waals surface area contributed by atoms with Crippen molar-refractivity contribution < 1.29 is 0 Å². The van der Waals surface area contributed by atoms with Crippen LogP contribution in [-0.2, 0) is 18.5 Å². The van der Waals surface area contributed by atoms with Crippen LogP contribution in [0.25, 0.3) is 43.6 Å². The van der Waals surface area contributed by atoms with Crippen LogP contribution in [0.15, 0.2) is 84.9 Å². The van der Waals surface area contributed by atoms with Crippen molar-refractivity contribution in [2.24, 2.45) is 0 Å². The Morgan fingerprint density at radius 1 is 0.528 bits per heavy atom. The molecule has 0 radical (unpaired) electrons. The molecule has 1 aliphatic rings. The summed E-state index contributed by atoms with van der Waals surface area (Å²) in [5, 5.41) is 5.56. The molecule has 2 heteroatoms. The Bertz CT molecular complexity index is 1620. The van der Waals surface area contributed by atoms with E-state index >= 15 is 0 Å². The minimum Gasteiger partial charge on any atom is -0.341 e. The highest BCUT2D eigenvalue weighted by atomic mass is 15.0. The van der Waals surface area contributed by atoms with Gasteiger partial charge in [-0.2, -0.15) is 0 Å². The lowest BCUT2D eigenvalue weighted by atomic mass is 9.65. The molecule has 6 aromatic rings. The van der Waals surface area contributed by atoms with Crippen molar-refractivity contribution in [1.29, 1.82) is 0 Å². The van der Waals surface area contributed by atoms with E-state index in [0.717, 1.165) is 13.1 Å². The summed E-state index contributed by atoms with van der Waals surface area (Å²) in [5.41, 5.74) is 8.47. The number of rotatable bonds is 4.